The Labute approximate surface area is 177 Å². The summed E-state index contributed by atoms with van der Waals surface area (Å²) in [6.07, 6.45) is 0. The monoisotopic (exact) mass is 463 g/mol. The van der Waals surface area contributed by atoms with Crippen LogP contribution in [0.5, 0.6) is 0 Å². The summed E-state index contributed by atoms with van der Waals surface area (Å²) in [4.78, 5) is 27.8. The highest BCUT2D eigenvalue weighted by Gasteiger charge is 2.22. The van der Waals surface area contributed by atoms with E-state index in [0.717, 1.165) is 10.0 Å². The molecule has 0 unspecified atom stereocenters. The van der Waals surface area contributed by atoms with Crippen molar-refractivity contribution in [2.24, 2.45) is 0 Å². The molecule has 0 atom stereocenters. The van der Waals surface area contributed by atoms with E-state index < -0.39 is 0 Å². The molecular formula is C21H23BrFN3O3. The first kappa shape index (κ1) is 21.3. The molecule has 2 aromatic rings. The minimum absolute atomic E-state index is 0.149. The van der Waals surface area contributed by atoms with Crippen molar-refractivity contribution < 1.29 is 18.7 Å². The van der Waals surface area contributed by atoms with Crippen LogP contribution in [-0.4, -0.2) is 56.1 Å². The molecule has 0 radical (unpaired) electrons. The molecule has 1 aliphatic rings. The minimum atomic E-state index is -0.276. The van der Waals surface area contributed by atoms with Gasteiger partial charge in [-0.3, -0.25) is 9.59 Å². The van der Waals surface area contributed by atoms with Gasteiger partial charge in [0, 0.05) is 37.2 Å². The molecule has 6 nitrogen and oxygen atoms in total. The molecule has 1 heterocycles. The van der Waals surface area contributed by atoms with Gasteiger partial charge >= 0.3 is 0 Å². The predicted octanol–water partition coefficient (Wildman–Crippen LogP) is 2.57. The van der Waals surface area contributed by atoms with E-state index in [1.807, 2.05) is 29.2 Å². The van der Waals surface area contributed by atoms with Crippen molar-refractivity contribution in [3.05, 3.63) is 64.4 Å². The van der Waals surface area contributed by atoms with Crippen LogP contribution in [-0.2, 0) is 20.9 Å². The van der Waals surface area contributed by atoms with Crippen molar-refractivity contribution in [3.63, 3.8) is 0 Å². The molecule has 1 aliphatic heterocycles. The molecule has 0 bridgehead atoms. The Balaban J connectivity index is 1.35. The van der Waals surface area contributed by atoms with Gasteiger partial charge in [-0.1, -0.05) is 40.2 Å². The van der Waals surface area contributed by atoms with Crippen LogP contribution in [0.4, 0.5) is 10.1 Å². The number of ether oxygens (including phenoxy) is 1. The fourth-order valence-electron chi connectivity index (χ4n) is 3.13. The van der Waals surface area contributed by atoms with Gasteiger partial charge in [-0.05, 0) is 29.8 Å². The third-order valence-corrected chi connectivity index (χ3v) is 5.16. The van der Waals surface area contributed by atoms with Gasteiger partial charge in [0.2, 0.25) is 11.8 Å². The molecule has 29 heavy (non-hydrogen) atoms. The molecule has 8 heteroatoms. The highest BCUT2D eigenvalue weighted by atomic mass is 79.9. The van der Waals surface area contributed by atoms with Gasteiger partial charge in [-0.15, -0.1) is 0 Å². The third kappa shape index (κ3) is 6.27. The SMILES string of the molecule is O=C(COCC(=O)N1CCN(c2ccccc2F)CC1)NCc1cccc(Br)c1. The van der Waals surface area contributed by atoms with Crippen molar-refractivity contribution in [3.8, 4) is 0 Å². The predicted molar refractivity (Wildman–Crippen MR) is 112 cm³/mol. The van der Waals surface area contributed by atoms with Crippen molar-refractivity contribution in [1.29, 1.82) is 0 Å². The van der Waals surface area contributed by atoms with Gasteiger partial charge in [-0.2, -0.15) is 0 Å². The fourth-order valence-corrected chi connectivity index (χ4v) is 3.57. The summed E-state index contributed by atoms with van der Waals surface area (Å²) in [6.45, 7) is 2.17. The molecule has 1 fully saturated rings. The molecule has 154 valence electrons. The smallest absolute Gasteiger partial charge is 0.248 e. The highest BCUT2D eigenvalue weighted by Crippen LogP contribution is 2.20. The molecule has 1 N–H and O–H groups in total. The number of carbonyl (C=O) groups excluding carboxylic acids is 2. The molecule has 0 aromatic heterocycles. The summed E-state index contributed by atoms with van der Waals surface area (Å²) in [7, 11) is 0. The number of piperazine rings is 1. The third-order valence-electron chi connectivity index (χ3n) is 4.66. The lowest BCUT2D eigenvalue weighted by Crippen LogP contribution is -2.50. The van der Waals surface area contributed by atoms with Crippen molar-refractivity contribution in [2.45, 2.75) is 6.54 Å². The second kappa shape index (κ2) is 10.4. The van der Waals surface area contributed by atoms with Crippen molar-refractivity contribution in [2.75, 3.05) is 44.3 Å². The van der Waals surface area contributed by atoms with Gasteiger partial charge < -0.3 is 19.9 Å². The van der Waals surface area contributed by atoms with Crippen LogP contribution in [0.15, 0.2) is 53.0 Å². The molecular weight excluding hydrogens is 441 g/mol. The molecule has 2 aromatic carbocycles. The number of hydrogen-bond donors (Lipinski definition) is 1. The second-order valence-corrected chi connectivity index (χ2v) is 7.63. The first-order valence-corrected chi connectivity index (χ1v) is 10.2. The number of benzene rings is 2. The van der Waals surface area contributed by atoms with Crippen LogP contribution >= 0.6 is 15.9 Å². The lowest BCUT2D eigenvalue weighted by atomic mass is 10.2. The van der Waals surface area contributed by atoms with Crippen LogP contribution in [0.2, 0.25) is 0 Å². The van der Waals surface area contributed by atoms with E-state index in [-0.39, 0.29) is 30.8 Å². The highest BCUT2D eigenvalue weighted by molar-refractivity contribution is 9.10. The second-order valence-electron chi connectivity index (χ2n) is 6.72. The van der Waals surface area contributed by atoms with Crippen LogP contribution < -0.4 is 10.2 Å². The number of halogens is 2. The van der Waals surface area contributed by atoms with Gasteiger partial charge in [-0.25, -0.2) is 4.39 Å². The van der Waals surface area contributed by atoms with Gasteiger partial charge in [0.15, 0.2) is 0 Å². The van der Waals surface area contributed by atoms with Gasteiger partial charge in [0.05, 0.1) is 5.69 Å². The topological polar surface area (TPSA) is 61.9 Å². The Morgan fingerprint density at radius 3 is 2.52 bits per heavy atom. The first-order valence-electron chi connectivity index (χ1n) is 9.39. The van der Waals surface area contributed by atoms with Crippen LogP contribution in [0.1, 0.15) is 5.56 Å². The van der Waals surface area contributed by atoms with E-state index in [0.29, 0.717) is 38.4 Å². The molecule has 3 rings (SSSR count). The Morgan fingerprint density at radius 2 is 1.79 bits per heavy atom. The van der Waals surface area contributed by atoms with E-state index in [1.54, 1.807) is 23.1 Å². The lowest BCUT2D eigenvalue weighted by molar-refractivity contribution is -0.138. The van der Waals surface area contributed by atoms with Crippen LogP contribution in [0.3, 0.4) is 0 Å². The average Bonchev–Trinajstić information content (AvgIpc) is 2.73. The number of para-hydroxylation sites is 1. The zero-order valence-electron chi connectivity index (χ0n) is 15.9. The largest absolute Gasteiger partial charge is 0.366 e. The van der Waals surface area contributed by atoms with E-state index in [2.05, 4.69) is 21.2 Å². The van der Waals surface area contributed by atoms with E-state index in [9.17, 15) is 14.0 Å². The minimum Gasteiger partial charge on any atom is -0.366 e. The number of nitrogens with zero attached hydrogens (tertiary/aromatic N) is 2. The normalized spacial score (nSPS) is 14.0. The zero-order chi connectivity index (χ0) is 20.6. The Bertz CT molecular complexity index is 857. The summed E-state index contributed by atoms with van der Waals surface area (Å²) in [5.74, 6) is -0.704. The maximum Gasteiger partial charge on any atom is 0.248 e. The summed E-state index contributed by atoms with van der Waals surface area (Å²) < 4.78 is 20.1. The number of rotatable bonds is 7. The summed E-state index contributed by atoms with van der Waals surface area (Å²) in [5.41, 5.74) is 1.52. The zero-order valence-corrected chi connectivity index (χ0v) is 17.5. The van der Waals surface area contributed by atoms with Crippen molar-refractivity contribution >= 4 is 33.4 Å². The molecule has 0 spiro atoms. The van der Waals surface area contributed by atoms with E-state index in [1.165, 1.54) is 6.07 Å². The Hall–Kier alpha value is -2.45. The summed E-state index contributed by atoms with van der Waals surface area (Å²) >= 11 is 3.38. The maximum atomic E-state index is 13.9. The average molecular weight is 464 g/mol. The van der Waals surface area contributed by atoms with Crippen LogP contribution in [0.25, 0.3) is 0 Å². The number of amides is 2. The molecule has 2 amide bonds. The lowest BCUT2D eigenvalue weighted by Gasteiger charge is -2.36. The molecule has 0 saturated carbocycles. The van der Waals surface area contributed by atoms with Gasteiger partial charge in [0.25, 0.3) is 0 Å². The van der Waals surface area contributed by atoms with Gasteiger partial charge in [0.1, 0.15) is 19.0 Å². The van der Waals surface area contributed by atoms with Crippen molar-refractivity contribution in [1.82, 2.24) is 10.2 Å². The Morgan fingerprint density at radius 1 is 1.03 bits per heavy atom. The maximum absolute atomic E-state index is 13.9. The quantitative estimate of drug-likeness (QED) is 0.685. The van der Waals surface area contributed by atoms with E-state index in [4.69, 9.17) is 4.74 Å². The summed E-state index contributed by atoms with van der Waals surface area (Å²) in [5, 5.41) is 2.76. The number of anilines is 1. The molecule has 1 saturated heterocycles. The Kier molecular flexibility index (Phi) is 7.60. The van der Waals surface area contributed by atoms with E-state index >= 15 is 0 Å². The summed E-state index contributed by atoms with van der Waals surface area (Å²) in [6, 6.07) is 14.3. The fraction of sp³-hybridized carbons (Fsp3) is 0.333. The van der Waals surface area contributed by atoms with Crippen LogP contribution in [0, 0.1) is 5.82 Å². The number of carbonyl (C=O) groups is 2. The molecule has 0 aliphatic carbocycles. The number of nitrogens with one attached hydrogen (secondary N) is 1. The standard InChI is InChI=1S/C21H23BrFN3O3/c22-17-5-3-4-16(12-17)13-24-20(27)14-29-15-21(28)26-10-8-25(9-11-26)19-7-2-1-6-18(19)23/h1-7,12H,8-11,13-15H2,(H,24,27). The first-order chi connectivity index (χ1) is 14.0. The number of hydrogen-bond acceptors (Lipinski definition) is 4.